The van der Waals surface area contributed by atoms with Gasteiger partial charge in [0, 0.05) is 24.5 Å². The highest BCUT2D eigenvalue weighted by Gasteiger charge is 2.31. The Morgan fingerprint density at radius 3 is 2.74 bits per heavy atom. The van der Waals surface area contributed by atoms with Crippen LogP contribution in [-0.4, -0.2) is 32.0 Å². The minimum Gasteiger partial charge on any atom is -0.465 e. The lowest BCUT2D eigenvalue weighted by Gasteiger charge is -2.19. The SMILES string of the molecule is O=C(O)N1CCCC1c1cn2cccc(-c3cccc4ccccc34)c2n1. The van der Waals surface area contributed by atoms with Gasteiger partial charge in [0.2, 0.25) is 0 Å². The standard InChI is InChI=1S/C22H19N3O2/c26-22(27)25-13-5-11-20(25)19-14-24-12-4-10-18(21(24)23-19)17-9-3-7-15-6-1-2-8-16(15)17/h1-4,6-10,12,14,20H,5,11,13H2,(H,26,27). The average Bonchev–Trinajstić information content (AvgIpc) is 3.34. The summed E-state index contributed by atoms with van der Waals surface area (Å²) < 4.78 is 2.00. The lowest BCUT2D eigenvalue weighted by molar-refractivity contribution is 0.139. The summed E-state index contributed by atoms with van der Waals surface area (Å²) in [5.74, 6) is 0. The number of aromatic nitrogens is 2. The Balaban J connectivity index is 1.68. The molecule has 1 saturated heterocycles. The highest BCUT2D eigenvalue weighted by atomic mass is 16.4. The minimum atomic E-state index is -0.871. The molecular formula is C22H19N3O2. The molecule has 0 spiro atoms. The quantitative estimate of drug-likeness (QED) is 0.551. The van der Waals surface area contributed by atoms with Crippen molar-refractivity contribution in [2.75, 3.05) is 6.54 Å². The maximum absolute atomic E-state index is 11.5. The second-order valence-corrected chi connectivity index (χ2v) is 6.98. The van der Waals surface area contributed by atoms with Gasteiger partial charge < -0.3 is 9.51 Å². The molecular weight excluding hydrogens is 338 g/mol. The maximum atomic E-state index is 11.5. The second-order valence-electron chi connectivity index (χ2n) is 6.98. The Morgan fingerprint density at radius 1 is 1.04 bits per heavy atom. The van der Waals surface area contributed by atoms with Crippen molar-refractivity contribution in [1.29, 1.82) is 0 Å². The Kier molecular flexibility index (Phi) is 3.60. The molecule has 1 amide bonds. The van der Waals surface area contributed by atoms with Gasteiger partial charge in [-0.05, 0) is 41.3 Å². The van der Waals surface area contributed by atoms with Crippen LogP contribution < -0.4 is 0 Å². The number of nitrogens with zero attached hydrogens (tertiary/aromatic N) is 3. The normalized spacial score (nSPS) is 17.0. The molecule has 3 heterocycles. The van der Waals surface area contributed by atoms with Crippen LogP contribution in [0.5, 0.6) is 0 Å². The van der Waals surface area contributed by atoms with Crippen LogP contribution in [0.4, 0.5) is 4.79 Å². The molecule has 5 rings (SSSR count). The van der Waals surface area contributed by atoms with Gasteiger partial charge in [0.1, 0.15) is 5.65 Å². The van der Waals surface area contributed by atoms with Gasteiger partial charge in [-0.1, -0.05) is 42.5 Å². The van der Waals surface area contributed by atoms with Crippen molar-refractivity contribution >= 4 is 22.5 Å². The van der Waals surface area contributed by atoms with E-state index in [1.54, 1.807) is 0 Å². The molecule has 27 heavy (non-hydrogen) atoms. The van der Waals surface area contributed by atoms with E-state index in [0.29, 0.717) is 6.54 Å². The molecule has 1 aliphatic heterocycles. The van der Waals surface area contributed by atoms with Crippen LogP contribution in [0, 0.1) is 0 Å². The molecule has 1 aliphatic rings. The van der Waals surface area contributed by atoms with Gasteiger partial charge in [0.25, 0.3) is 0 Å². The largest absolute Gasteiger partial charge is 0.465 e. The molecule has 2 aromatic carbocycles. The van der Waals surface area contributed by atoms with Gasteiger partial charge in [0.05, 0.1) is 11.7 Å². The smallest absolute Gasteiger partial charge is 0.407 e. The molecule has 1 fully saturated rings. The number of fused-ring (bicyclic) bond motifs is 2. The summed E-state index contributed by atoms with van der Waals surface area (Å²) in [5.41, 5.74) is 3.88. The first kappa shape index (κ1) is 15.9. The molecule has 134 valence electrons. The zero-order valence-corrected chi connectivity index (χ0v) is 14.7. The van der Waals surface area contributed by atoms with Crippen molar-refractivity contribution in [1.82, 2.24) is 14.3 Å². The fraction of sp³-hybridized carbons (Fsp3) is 0.182. The van der Waals surface area contributed by atoms with Crippen LogP contribution in [0.3, 0.4) is 0 Å². The van der Waals surface area contributed by atoms with E-state index in [4.69, 9.17) is 4.98 Å². The van der Waals surface area contributed by atoms with Crippen LogP contribution in [0.25, 0.3) is 27.5 Å². The van der Waals surface area contributed by atoms with Gasteiger partial charge in [-0.25, -0.2) is 9.78 Å². The van der Waals surface area contributed by atoms with Crippen molar-refractivity contribution in [3.05, 3.63) is 72.7 Å². The summed E-state index contributed by atoms with van der Waals surface area (Å²) in [5, 5.41) is 11.8. The Bertz CT molecular complexity index is 1160. The minimum absolute atomic E-state index is 0.164. The van der Waals surface area contributed by atoms with Gasteiger partial charge in [0.15, 0.2) is 0 Å². The molecule has 5 nitrogen and oxygen atoms in total. The molecule has 0 saturated carbocycles. The van der Waals surface area contributed by atoms with E-state index in [0.717, 1.165) is 35.3 Å². The predicted octanol–water partition coefficient (Wildman–Crippen LogP) is 4.97. The first-order chi connectivity index (χ1) is 13.2. The lowest BCUT2D eigenvalue weighted by Crippen LogP contribution is -2.28. The van der Waals surface area contributed by atoms with Crippen LogP contribution in [0.1, 0.15) is 24.6 Å². The van der Waals surface area contributed by atoms with Crippen LogP contribution >= 0.6 is 0 Å². The lowest BCUT2D eigenvalue weighted by atomic mass is 9.99. The van der Waals surface area contributed by atoms with E-state index in [9.17, 15) is 9.90 Å². The van der Waals surface area contributed by atoms with Crippen LogP contribution in [0.2, 0.25) is 0 Å². The molecule has 2 aromatic heterocycles. The number of likely N-dealkylation sites (tertiary alicyclic amines) is 1. The molecule has 4 aromatic rings. The number of rotatable bonds is 2. The summed E-state index contributed by atoms with van der Waals surface area (Å²) >= 11 is 0. The highest BCUT2D eigenvalue weighted by molar-refractivity contribution is 5.99. The van der Waals surface area contributed by atoms with Gasteiger partial charge >= 0.3 is 6.09 Å². The van der Waals surface area contributed by atoms with E-state index in [-0.39, 0.29) is 6.04 Å². The summed E-state index contributed by atoms with van der Waals surface area (Å²) in [6.45, 7) is 0.573. The summed E-state index contributed by atoms with van der Waals surface area (Å²) in [6.07, 6.45) is 4.76. The monoisotopic (exact) mass is 357 g/mol. The van der Waals surface area contributed by atoms with Gasteiger partial charge in [-0.15, -0.1) is 0 Å². The molecule has 5 heteroatoms. The molecule has 1 unspecified atom stereocenters. The van der Waals surface area contributed by atoms with Crippen molar-refractivity contribution in [3.8, 4) is 11.1 Å². The number of imidazole rings is 1. The third-order valence-corrected chi connectivity index (χ3v) is 5.42. The fourth-order valence-corrected chi connectivity index (χ4v) is 4.17. The predicted molar refractivity (Wildman–Crippen MR) is 105 cm³/mol. The number of hydrogen-bond acceptors (Lipinski definition) is 2. The number of benzene rings is 2. The van der Waals surface area contributed by atoms with Crippen LogP contribution in [0.15, 0.2) is 67.0 Å². The second kappa shape index (κ2) is 6.13. The first-order valence-electron chi connectivity index (χ1n) is 9.18. The third kappa shape index (κ3) is 2.54. The Morgan fingerprint density at radius 2 is 1.85 bits per heavy atom. The Hall–Kier alpha value is -3.34. The molecule has 0 bridgehead atoms. The van der Waals surface area contributed by atoms with E-state index in [2.05, 4.69) is 36.4 Å². The van der Waals surface area contributed by atoms with E-state index in [1.807, 2.05) is 35.0 Å². The van der Waals surface area contributed by atoms with Crippen molar-refractivity contribution in [2.24, 2.45) is 0 Å². The van der Waals surface area contributed by atoms with Crippen LogP contribution in [-0.2, 0) is 0 Å². The molecule has 1 atom stereocenters. The fourth-order valence-electron chi connectivity index (χ4n) is 4.17. The summed E-state index contributed by atoms with van der Waals surface area (Å²) in [4.78, 5) is 17.9. The topological polar surface area (TPSA) is 57.8 Å². The third-order valence-electron chi connectivity index (χ3n) is 5.42. The van der Waals surface area contributed by atoms with Crippen molar-refractivity contribution in [2.45, 2.75) is 18.9 Å². The van der Waals surface area contributed by atoms with E-state index < -0.39 is 6.09 Å². The number of carboxylic acid groups (broad SMARTS) is 1. The Labute approximate surface area is 156 Å². The number of carbonyl (C=O) groups is 1. The first-order valence-corrected chi connectivity index (χ1v) is 9.18. The molecule has 0 radical (unpaired) electrons. The van der Waals surface area contributed by atoms with E-state index >= 15 is 0 Å². The number of pyridine rings is 1. The number of hydrogen-bond donors (Lipinski definition) is 1. The van der Waals surface area contributed by atoms with Crippen molar-refractivity contribution in [3.63, 3.8) is 0 Å². The van der Waals surface area contributed by atoms with Crippen molar-refractivity contribution < 1.29 is 9.90 Å². The van der Waals surface area contributed by atoms with Gasteiger partial charge in [-0.3, -0.25) is 4.90 Å². The average molecular weight is 357 g/mol. The summed E-state index contributed by atoms with van der Waals surface area (Å²) in [7, 11) is 0. The summed E-state index contributed by atoms with van der Waals surface area (Å²) in [6, 6.07) is 18.5. The van der Waals surface area contributed by atoms with E-state index in [1.165, 1.54) is 15.7 Å². The molecule has 0 aliphatic carbocycles. The van der Waals surface area contributed by atoms with Gasteiger partial charge in [-0.2, -0.15) is 0 Å². The zero-order chi connectivity index (χ0) is 18.4. The highest BCUT2D eigenvalue weighted by Crippen LogP contribution is 2.35. The maximum Gasteiger partial charge on any atom is 0.407 e. The number of amides is 1. The molecule has 1 N–H and O–H groups in total. The zero-order valence-electron chi connectivity index (χ0n) is 14.7.